The summed E-state index contributed by atoms with van der Waals surface area (Å²) in [5.74, 6) is 5.16. The van der Waals surface area contributed by atoms with Gasteiger partial charge in [-0.2, -0.15) is 0 Å². The maximum Gasteiger partial charge on any atom is 0.0622 e. The lowest BCUT2D eigenvalue weighted by Crippen LogP contribution is -2.55. The fourth-order valence-corrected chi connectivity index (χ4v) is 9.46. The second-order valence-corrected chi connectivity index (χ2v) is 13.8. The predicted octanol–water partition coefficient (Wildman–Crippen LogP) is 6.97. The van der Waals surface area contributed by atoms with E-state index in [9.17, 15) is 10.2 Å². The summed E-state index contributed by atoms with van der Waals surface area (Å²) in [5.41, 5.74) is 0.0808. The molecule has 0 radical (unpaired) electrons. The third kappa shape index (κ3) is 4.02. The van der Waals surface area contributed by atoms with Gasteiger partial charge in [0.15, 0.2) is 0 Å². The molecule has 0 saturated heterocycles. The molecule has 0 bridgehead atoms. The molecule has 0 amide bonds. The smallest absolute Gasteiger partial charge is 0.0622 e. The normalized spacial score (nSPS) is 49.8. The van der Waals surface area contributed by atoms with E-state index in [2.05, 4.69) is 27.7 Å². The van der Waals surface area contributed by atoms with Gasteiger partial charge < -0.3 is 10.2 Å². The summed E-state index contributed by atoms with van der Waals surface area (Å²) in [6, 6.07) is 0. The van der Waals surface area contributed by atoms with E-state index in [1.54, 1.807) is 0 Å². The Hall–Kier alpha value is -0.0800. The number of hydrogen-bond donors (Lipinski definition) is 2. The Balaban J connectivity index is 1.45. The van der Waals surface area contributed by atoms with Crippen LogP contribution in [0.3, 0.4) is 0 Å². The van der Waals surface area contributed by atoms with E-state index in [4.69, 9.17) is 0 Å². The molecule has 30 heavy (non-hydrogen) atoms. The van der Waals surface area contributed by atoms with Crippen LogP contribution in [0, 0.1) is 46.3 Å². The first-order chi connectivity index (χ1) is 13.9. The molecule has 0 spiro atoms. The van der Waals surface area contributed by atoms with Crippen LogP contribution in [0.2, 0.25) is 0 Å². The molecule has 4 fully saturated rings. The minimum atomic E-state index is -0.515. The van der Waals surface area contributed by atoms with Crippen molar-refractivity contribution in [2.75, 3.05) is 0 Å². The van der Waals surface area contributed by atoms with Crippen LogP contribution in [-0.2, 0) is 0 Å². The zero-order valence-electron chi connectivity index (χ0n) is 20.8. The molecule has 2 heteroatoms. The van der Waals surface area contributed by atoms with E-state index in [0.29, 0.717) is 10.8 Å². The van der Waals surface area contributed by atoms with Crippen molar-refractivity contribution < 1.29 is 10.2 Å². The molecule has 4 rings (SSSR count). The Morgan fingerprint density at radius 1 is 0.900 bits per heavy atom. The minimum absolute atomic E-state index is 0.419. The Kier molecular flexibility index (Phi) is 5.97. The lowest BCUT2D eigenvalue weighted by atomic mass is 9.43. The highest BCUT2D eigenvalue weighted by molar-refractivity contribution is 5.10. The third-order valence-corrected chi connectivity index (χ3v) is 11.2. The van der Waals surface area contributed by atoms with Crippen molar-refractivity contribution in [3.63, 3.8) is 0 Å². The highest BCUT2D eigenvalue weighted by Crippen LogP contribution is 2.68. The van der Waals surface area contributed by atoms with Crippen molar-refractivity contribution in [2.45, 2.75) is 130 Å². The minimum Gasteiger partial charge on any atom is -0.390 e. The average molecular weight is 419 g/mol. The third-order valence-electron chi connectivity index (χ3n) is 11.2. The van der Waals surface area contributed by atoms with Crippen LogP contribution in [0.5, 0.6) is 0 Å². The predicted molar refractivity (Wildman–Crippen MR) is 125 cm³/mol. The molecule has 0 aromatic heterocycles. The van der Waals surface area contributed by atoms with Gasteiger partial charge in [0.2, 0.25) is 0 Å². The molecular formula is C28H50O2. The van der Waals surface area contributed by atoms with Crippen molar-refractivity contribution in [2.24, 2.45) is 46.3 Å². The van der Waals surface area contributed by atoms with Crippen molar-refractivity contribution in [3.8, 4) is 0 Å². The number of rotatable bonds is 5. The Labute approximate surface area is 186 Å². The van der Waals surface area contributed by atoms with Crippen LogP contribution in [0.15, 0.2) is 0 Å². The second kappa shape index (κ2) is 7.75. The lowest BCUT2D eigenvalue weighted by Gasteiger charge is -2.62. The van der Waals surface area contributed by atoms with E-state index in [1.807, 2.05) is 13.8 Å². The summed E-state index contributed by atoms with van der Waals surface area (Å²) in [4.78, 5) is 0. The van der Waals surface area contributed by atoms with Gasteiger partial charge in [0.05, 0.1) is 11.2 Å². The fourth-order valence-electron chi connectivity index (χ4n) is 9.46. The average Bonchev–Trinajstić information content (AvgIpc) is 2.98. The summed E-state index contributed by atoms with van der Waals surface area (Å²) in [5, 5.41) is 20.8. The molecule has 0 aromatic carbocycles. The van der Waals surface area contributed by atoms with Gasteiger partial charge in [-0.05, 0) is 131 Å². The van der Waals surface area contributed by atoms with Crippen LogP contribution in [-0.4, -0.2) is 21.4 Å². The first-order valence-electron chi connectivity index (χ1n) is 13.3. The van der Waals surface area contributed by atoms with Gasteiger partial charge in [-0.1, -0.05) is 33.6 Å². The van der Waals surface area contributed by atoms with Crippen LogP contribution in [0.25, 0.3) is 0 Å². The molecule has 2 N–H and O–H groups in total. The molecule has 4 aliphatic rings. The summed E-state index contributed by atoms with van der Waals surface area (Å²) in [6.07, 6.45) is 15.2. The quantitative estimate of drug-likeness (QED) is 0.506. The largest absolute Gasteiger partial charge is 0.390 e. The zero-order valence-corrected chi connectivity index (χ0v) is 20.8. The van der Waals surface area contributed by atoms with Gasteiger partial charge in [-0.15, -0.1) is 0 Å². The van der Waals surface area contributed by atoms with E-state index in [1.165, 1.54) is 51.4 Å². The molecule has 4 saturated carbocycles. The highest BCUT2D eigenvalue weighted by atomic mass is 16.3. The van der Waals surface area contributed by atoms with Crippen LogP contribution < -0.4 is 0 Å². The summed E-state index contributed by atoms with van der Waals surface area (Å²) < 4.78 is 0. The number of fused-ring (bicyclic) bond motifs is 5. The van der Waals surface area contributed by atoms with E-state index >= 15 is 0 Å². The van der Waals surface area contributed by atoms with Crippen molar-refractivity contribution in [1.82, 2.24) is 0 Å². The topological polar surface area (TPSA) is 40.5 Å². The molecule has 9 atom stereocenters. The van der Waals surface area contributed by atoms with Gasteiger partial charge in [-0.3, -0.25) is 0 Å². The number of aliphatic hydroxyl groups is 2. The van der Waals surface area contributed by atoms with E-state index in [0.717, 1.165) is 61.2 Å². The molecule has 0 aliphatic heterocycles. The fraction of sp³-hybridized carbons (Fsp3) is 1.00. The van der Waals surface area contributed by atoms with Gasteiger partial charge in [0, 0.05) is 0 Å². The zero-order chi connectivity index (χ0) is 21.9. The Bertz CT molecular complexity index is 619. The van der Waals surface area contributed by atoms with Crippen molar-refractivity contribution in [1.29, 1.82) is 0 Å². The van der Waals surface area contributed by atoms with Gasteiger partial charge in [0.1, 0.15) is 0 Å². The highest BCUT2D eigenvalue weighted by Gasteiger charge is 2.61. The van der Waals surface area contributed by atoms with E-state index in [-0.39, 0.29) is 0 Å². The van der Waals surface area contributed by atoms with Gasteiger partial charge >= 0.3 is 0 Å². The first-order valence-corrected chi connectivity index (χ1v) is 13.3. The summed E-state index contributed by atoms with van der Waals surface area (Å²) in [6.45, 7) is 13.8. The molecule has 0 aromatic rings. The van der Waals surface area contributed by atoms with Gasteiger partial charge in [-0.25, -0.2) is 0 Å². The molecule has 2 nitrogen and oxygen atoms in total. The molecular weight excluding hydrogens is 368 g/mol. The van der Waals surface area contributed by atoms with Crippen molar-refractivity contribution in [3.05, 3.63) is 0 Å². The molecule has 0 heterocycles. The van der Waals surface area contributed by atoms with Crippen LogP contribution in [0.4, 0.5) is 0 Å². The molecule has 4 aliphatic carbocycles. The van der Waals surface area contributed by atoms with Gasteiger partial charge in [0.25, 0.3) is 0 Å². The molecule has 174 valence electrons. The van der Waals surface area contributed by atoms with E-state index < -0.39 is 11.2 Å². The summed E-state index contributed by atoms with van der Waals surface area (Å²) in [7, 11) is 0. The maximum atomic E-state index is 10.7. The first kappa shape index (κ1) is 23.1. The Morgan fingerprint density at radius 2 is 1.60 bits per heavy atom. The van der Waals surface area contributed by atoms with Crippen LogP contribution >= 0.6 is 0 Å². The Morgan fingerprint density at radius 3 is 2.30 bits per heavy atom. The number of hydrogen-bond acceptors (Lipinski definition) is 2. The van der Waals surface area contributed by atoms with Crippen molar-refractivity contribution >= 4 is 0 Å². The monoisotopic (exact) mass is 418 g/mol. The summed E-state index contributed by atoms with van der Waals surface area (Å²) >= 11 is 0. The molecule has 0 unspecified atom stereocenters. The lowest BCUT2D eigenvalue weighted by molar-refractivity contribution is -0.148. The second-order valence-electron chi connectivity index (χ2n) is 13.8. The maximum absolute atomic E-state index is 10.7. The van der Waals surface area contributed by atoms with Crippen LogP contribution in [0.1, 0.15) is 119 Å². The standard InChI is InChI=1S/C28H50O2/c1-19(8-7-14-25(2,3)29)22-11-12-23-21-10-9-20-18-26(4,30)16-17-27(20,5)24(21)13-15-28(22,23)6/h19-24,29-30H,7-18H2,1-6H3/t19-,20+,21+,22-,23+,24+,26+,27+,28-/m1/s1. The SMILES string of the molecule is C[C@H](CCCC(C)(C)O)[C@H]1CC[C@H]2[C@@H]3CC[C@H]4C[C@@](C)(O)CC[C@]4(C)[C@H]3CC[C@]12C.